The third-order valence-corrected chi connectivity index (χ3v) is 4.98. The summed E-state index contributed by atoms with van der Waals surface area (Å²) >= 11 is 5.94. The molecule has 0 aromatic heterocycles. The summed E-state index contributed by atoms with van der Waals surface area (Å²) in [7, 11) is 0. The van der Waals surface area contributed by atoms with E-state index in [9.17, 15) is 9.59 Å². The van der Waals surface area contributed by atoms with E-state index in [1.807, 2.05) is 31.2 Å². The van der Waals surface area contributed by atoms with Gasteiger partial charge in [0.05, 0.1) is 0 Å². The molecule has 0 saturated heterocycles. The molecule has 1 aliphatic carbocycles. The van der Waals surface area contributed by atoms with Crippen molar-refractivity contribution in [1.82, 2.24) is 21.3 Å². The highest BCUT2D eigenvalue weighted by molar-refractivity contribution is 6.30. The summed E-state index contributed by atoms with van der Waals surface area (Å²) in [6.45, 7) is 4.43. The molecule has 26 heavy (non-hydrogen) atoms. The number of amides is 4. The van der Waals surface area contributed by atoms with E-state index in [1.165, 1.54) is 0 Å². The van der Waals surface area contributed by atoms with Gasteiger partial charge in [0.2, 0.25) is 0 Å². The first-order chi connectivity index (χ1) is 12.6. The van der Waals surface area contributed by atoms with E-state index in [1.54, 1.807) is 0 Å². The van der Waals surface area contributed by atoms with Crippen LogP contribution in [-0.4, -0.2) is 31.7 Å². The van der Waals surface area contributed by atoms with Crippen molar-refractivity contribution >= 4 is 23.7 Å². The number of carbonyl (C=O) groups excluding carboxylic acids is 2. The minimum atomic E-state index is -0.148. The van der Waals surface area contributed by atoms with E-state index in [0.717, 1.165) is 37.8 Å². The van der Waals surface area contributed by atoms with Gasteiger partial charge >= 0.3 is 12.1 Å². The first-order valence-electron chi connectivity index (χ1n) is 9.34. The average Bonchev–Trinajstić information content (AvgIpc) is 2.64. The number of nitrogens with one attached hydrogen (secondary N) is 4. The molecule has 0 spiro atoms. The van der Waals surface area contributed by atoms with E-state index in [2.05, 4.69) is 21.3 Å². The largest absolute Gasteiger partial charge is 0.338 e. The second-order valence-electron chi connectivity index (χ2n) is 6.82. The van der Waals surface area contributed by atoms with Crippen molar-refractivity contribution in [3.63, 3.8) is 0 Å². The topological polar surface area (TPSA) is 82.3 Å². The highest BCUT2D eigenvalue weighted by Crippen LogP contribution is 2.27. The SMILES string of the molecule is CCNC(=O)NCC1CCC(CNC(=O)NCc2cccc(Cl)c2)CC1. The minimum Gasteiger partial charge on any atom is -0.338 e. The maximum absolute atomic E-state index is 11.9. The number of hydrogen-bond donors (Lipinski definition) is 4. The van der Waals surface area contributed by atoms with Crippen molar-refractivity contribution in [3.8, 4) is 0 Å². The van der Waals surface area contributed by atoms with Crippen LogP contribution in [0.2, 0.25) is 5.02 Å². The molecule has 144 valence electrons. The Kier molecular flexibility index (Phi) is 8.54. The number of benzene rings is 1. The lowest BCUT2D eigenvalue weighted by Crippen LogP contribution is -2.40. The van der Waals surface area contributed by atoms with Crippen LogP contribution in [0, 0.1) is 11.8 Å². The molecular weight excluding hydrogens is 352 g/mol. The van der Waals surface area contributed by atoms with Crippen LogP contribution >= 0.6 is 11.6 Å². The van der Waals surface area contributed by atoms with E-state index in [0.29, 0.717) is 36.5 Å². The molecule has 0 heterocycles. The smallest absolute Gasteiger partial charge is 0.315 e. The van der Waals surface area contributed by atoms with Crippen LogP contribution in [-0.2, 0) is 6.54 Å². The van der Waals surface area contributed by atoms with Crippen molar-refractivity contribution in [2.24, 2.45) is 11.8 Å². The summed E-state index contributed by atoms with van der Waals surface area (Å²) in [5.74, 6) is 1.04. The van der Waals surface area contributed by atoms with Crippen LogP contribution in [0.15, 0.2) is 24.3 Å². The lowest BCUT2D eigenvalue weighted by Gasteiger charge is -2.28. The Hall–Kier alpha value is -1.95. The molecule has 0 atom stereocenters. The molecule has 1 aliphatic rings. The minimum absolute atomic E-state index is 0.0901. The number of urea groups is 2. The molecule has 7 heteroatoms. The van der Waals surface area contributed by atoms with E-state index >= 15 is 0 Å². The van der Waals surface area contributed by atoms with Gasteiger partial charge in [-0.2, -0.15) is 0 Å². The molecule has 0 bridgehead atoms. The van der Waals surface area contributed by atoms with Gasteiger partial charge in [-0.1, -0.05) is 23.7 Å². The summed E-state index contributed by atoms with van der Waals surface area (Å²) in [5.41, 5.74) is 0.979. The third kappa shape index (κ3) is 7.52. The number of halogens is 1. The molecule has 6 nitrogen and oxygen atoms in total. The van der Waals surface area contributed by atoms with E-state index < -0.39 is 0 Å². The van der Waals surface area contributed by atoms with Gasteiger partial charge in [0.15, 0.2) is 0 Å². The van der Waals surface area contributed by atoms with Crippen LogP contribution in [0.25, 0.3) is 0 Å². The monoisotopic (exact) mass is 380 g/mol. The summed E-state index contributed by atoms with van der Waals surface area (Å²) in [4.78, 5) is 23.4. The average molecular weight is 381 g/mol. The molecular formula is C19H29ClN4O2. The number of hydrogen-bond acceptors (Lipinski definition) is 2. The van der Waals surface area contributed by atoms with Gasteiger partial charge in [-0.15, -0.1) is 0 Å². The molecule has 0 aliphatic heterocycles. The Morgan fingerprint density at radius 3 is 2.08 bits per heavy atom. The molecule has 2 rings (SSSR count). The van der Waals surface area contributed by atoms with Crippen molar-refractivity contribution in [1.29, 1.82) is 0 Å². The summed E-state index contributed by atoms with van der Waals surface area (Å²) in [6.07, 6.45) is 4.33. The van der Waals surface area contributed by atoms with Gasteiger partial charge in [0.25, 0.3) is 0 Å². The maximum Gasteiger partial charge on any atom is 0.315 e. The zero-order chi connectivity index (χ0) is 18.8. The van der Waals surface area contributed by atoms with Crippen molar-refractivity contribution < 1.29 is 9.59 Å². The highest BCUT2D eigenvalue weighted by Gasteiger charge is 2.21. The quantitative estimate of drug-likeness (QED) is 0.585. The molecule has 1 aromatic rings. The Morgan fingerprint density at radius 1 is 0.962 bits per heavy atom. The molecule has 1 aromatic carbocycles. The fraction of sp³-hybridized carbons (Fsp3) is 0.579. The van der Waals surface area contributed by atoms with Crippen LogP contribution in [0.3, 0.4) is 0 Å². The highest BCUT2D eigenvalue weighted by atomic mass is 35.5. The van der Waals surface area contributed by atoms with Crippen molar-refractivity contribution in [2.45, 2.75) is 39.2 Å². The van der Waals surface area contributed by atoms with Crippen LogP contribution in [0.5, 0.6) is 0 Å². The van der Waals surface area contributed by atoms with Crippen LogP contribution in [0.1, 0.15) is 38.2 Å². The van der Waals surface area contributed by atoms with Crippen molar-refractivity contribution in [2.75, 3.05) is 19.6 Å². The van der Waals surface area contributed by atoms with Crippen LogP contribution < -0.4 is 21.3 Å². The normalized spacial score (nSPS) is 19.5. The van der Waals surface area contributed by atoms with E-state index in [-0.39, 0.29) is 12.1 Å². The third-order valence-electron chi connectivity index (χ3n) is 4.75. The van der Waals surface area contributed by atoms with Gasteiger partial charge in [-0.05, 0) is 62.1 Å². The zero-order valence-electron chi connectivity index (χ0n) is 15.3. The first-order valence-corrected chi connectivity index (χ1v) is 9.72. The fourth-order valence-corrected chi connectivity index (χ4v) is 3.44. The lowest BCUT2D eigenvalue weighted by atomic mass is 9.82. The summed E-state index contributed by atoms with van der Waals surface area (Å²) < 4.78 is 0. The molecule has 4 amide bonds. The van der Waals surface area contributed by atoms with Gasteiger partial charge in [-0.25, -0.2) is 9.59 Å². The first kappa shape index (κ1) is 20.4. The molecule has 0 radical (unpaired) electrons. The Morgan fingerprint density at radius 2 is 1.54 bits per heavy atom. The number of rotatable bonds is 7. The molecule has 0 unspecified atom stereocenters. The summed E-state index contributed by atoms with van der Waals surface area (Å²) in [5, 5.41) is 12.1. The predicted octanol–water partition coefficient (Wildman–Crippen LogP) is 3.26. The van der Waals surface area contributed by atoms with Crippen LogP contribution in [0.4, 0.5) is 9.59 Å². The fourth-order valence-electron chi connectivity index (χ4n) is 3.23. The maximum atomic E-state index is 11.9. The number of carbonyl (C=O) groups is 2. The summed E-state index contributed by atoms with van der Waals surface area (Å²) in [6, 6.07) is 7.22. The standard InChI is InChI=1S/C19H29ClN4O2/c1-2-21-18(25)22-11-14-6-8-15(9-7-14)12-23-19(26)24-13-16-4-3-5-17(20)10-16/h3-5,10,14-15H,2,6-9,11-13H2,1H3,(H2,21,22,25)(H2,23,24,26). The van der Waals surface area contributed by atoms with Gasteiger partial charge in [0.1, 0.15) is 0 Å². The molecule has 1 fully saturated rings. The van der Waals surface area contributed by atoms with Gasteiger partial charge in [0, 0.05) is 31.2 Å². The van der Waals surface area contributed by atoms with Crippen molar-refractivity contribution in [3.05, 3.63) is 34.9 Å². The molecule has 4 N–H and O–H groups in total. The predicted molar refractivity (Wildman–Crippen MR) is 104 cm³/mol. The Balaban J connectivity index is 1.57. The Bertz CT molecular complexity index is 589. The lowest BCUT2D eigenvalue weighted by molar-refractivity contribution is 0.224. The van der Waals surface area contributed by atoms with Gasteiger partial charge in [-0.3, -0.25) is 0 Å². The zero-order valence-corrected chi connectivity index (χ0v) is 16.1. The van der Waals surface area contributed by atoms with E-state index in [4.69, 9.17) is 11.6 Å². The molecule has 1 saturated carbocycles. The second-order valence-corrected chi connectivity index (χ2v) is 7.26. The van der Waals surface area contributed by atoms with Gasteiger partial charge < -0.3 is 21.3 Å². The Labute approximate surface area is 160 Å². The second kappa shape index (κ2) is 10.9.